The van der Waals surface area contributed by atoms with Gasteiger partial charge < -0.3 is 4.74 Å². The summed E-state index contributed by atoms with van der Waals surface area (Å²) in [6.07, 6.45) is 0.455. The Morgan fingerprint density at radius 2 is 2.04 bits per heavy atom. The molecule has 7 heteroatoms. The van der Waals surface area contributed by atoms with Gasteiger partial charge in [0.25, 0.3) is 11.5 Å². The molecular formula is C17H14ClN3O3. The highest BCUT2D eigenvalue weighted by Crippen LogP contribution is 2.18. The average Bonchev–Trinajstić information content (AvgIpc) is 2.57. The number of carbonyl (C=O) groups excluding carboxylic acids is 1. The molecule has 0 bridgehead atoms. The van der Waals surface area contributed by atoms with Crippen LogP contribution in [-0.2, 0) is 4.79 Å². The summed E-state index contributed by atoms with van der Waals surface area (Å²) in [5.74, 6) is -0.0108. The quantitative estimate of drug-likeness (QED) is 0.790. The van der Waals surface area contributed by atoms with Gasteiger partial charge in [0, 0.05) is 5.02 Å². The van der Waals surface area contributed by atoms with Crippen LogP contribution in [0.1, 0.15) is 6.92 Å². The Labute approximate surface area is 142 Å². The topological polar surface area (TPSA) is 73.2 Å². The van der Waals surface area contributed by atoms with E-state index in [0.29, 0.717) is 21.7 Å². The number of hydrogen-bond acceptors (Lipinski definition) is 4. The van der Waals surface area contributed by atoms with Gasteiger partial charge in [-0.15, -0.1) is 0 Å². The van der Waals surface area contributed by atoms with Crippen molar-refractivity contribution in [2.75, 3.05) is 5.43 Å². The van der Waals surface area contributed by atoms with Gasteiger partial charge in [-0.3, -0.25) is 15.0 Å². The molecule has 0 aliphatic heterocycles. The minimum atomic E-state index is -0.818. The third-order valence-electron chi connectivity index (χ3n) is 3.37. The van der Waals surface area contributed by atoms with Crippen LogP contribution in [-0.4, -0.2) is 21.7 Å². The second kappa shape index (κ2) is 6.72. The first-order valence-corrected chi connectivity index (χ1v) is 7.62. The van der Waals surface area contributed by atoms with Crippen molar-refractivity contribution in [3.63, 3.8) is 0 Å². The van der Waals surface area contributed by atoms with E-state index in [-0.39, 0.29) is 5.56 Å². The Hall–Kier alpha value is -2.86. The van der Waals surface area contributed by atoms with E-state index in [1.54, 1.807) is 55.5 Å². The number of halogens is 1. The number of aromatic nitrogens is 2. The standard InChI is InChI=1S/C17H14ClN3O3/c1-11(24-13-6-4-5-12(18)9-13)16(22)20-21-10-19-15-8-3-2-7-14(15)17(21)23/h2-11H,1H3,(H,20,22). The van der Waals surface area contributed by atoms with Crippen molar-refractivity contribution in [1.29, 1.82) is 0 Å². The summed E-state index contributed by atoms with van der Waals surface area (Å²) in [4.78, 5) is 28.7. The van der Waals surface area contributed by atoms with Crippen molar-refractivity contribution in [3.8, 4) is 5.75 Å². The van der Waals surface area contributed by atoms with Crippen LogP contribution >= 0.6 is 11.6 Å². The Kier molecular flexibility index (Phi) is 4.48. The molecule has 3 aromatic rings. The van der Waals surface area contributed by atoms with Gasteiger partial charge in [0.2, 0.25) is 0 Å². The number of carbonyl (C=O) groups is 1. The largest absolute Gasteiger partial charge is 0.481 e. The third-order valence-corrected chi connectivity index (χ3v) is 3.61. The number of ether oxygens (including phenoxy) is 1. The van der Waals surface area contributed by atoms with E-state index < -0.39 is 12.0 Å². The lowest BCUT2D eigenvalue weighted by molar-refractivity contribution is -0.123. The summed E-state index contributed by atoms with van der Waals surface area (Å²) in [6.45, 7) is 1.58. The first-order chi connectivity index (χ1) is 11.5. The summed E-state index contributed by atoms with van der Waals surface area (Å²) in [5, 5.41) is 0.929. The number of benzene rings is 2. The Balaban J connectivity index is 1.77. The molecule has 0 saturated heterocycles. The fourth-order valence-corrected chi connectivity index (χ4v) is 2.34. The van der Waals surface area contributed by atoms with Crippen LogP contribution < -0.4 is 15.7 Å². The van der Waals surface area contributed by atoms with Gasteiger partial charge in [0.1, 0.15) is 12.1 Å². The molecule has 24 heavy (non-hydrogen) atoms. The van der Waals surface area contributed by atoms with Crippen LogP contribution in [0.15, 0.2) is 59.7 Å². The zero-order valence-electron chi connectivity index (χ0n) is 12.8. The highest BCUT2D eigenvalue weighted by Gasteiger charge is 2.16. The molecule has 1 amide bonds. The predicted molar refractivity (Wildman–Crippen MR) is 91.9 cm³/mol. The molecule has 1 heterocycles. The van der Waals surface area contributed by atoms with Crippen molar-refractivity contribution in [1.82, 2.24) is 9.66 Å². The predicted octanol–water partition coefficient (Wildman–Crippen LogP) is 2.59. The molecule has 0 aliphatic rings. The van der Waals surface area contributed by atoms with Crippen LogP contribution in [0.25, 0.3) is 10.9 Å². The maximum atomic E-state index is 12.3. The molecule has 0 fully saturated rings. The number of para-hydroxylation sites is 1. The number of fused-ring (bicyclic) bond motifs is 1. The lowest BCUT2D eigenvalue weighted by Gasteiger charge is -2.15. The highest BCUT2D eigenvalue weighted by atomic mass is 35.5. The molecule has 1 aromatic heterocycles. The molecule has 0 saturated carbocycles. The van der Waals surface area contributed by atoms with Crippen LogP contribution in [0.3, 0.4) is 0 Å². The van der Waals surface area contributed by atoms with Crippen molar-refractivity contribution >= 4 is 28.4 Å². The molecule has 3 rings (SSSR count). The van der Waals surface area contributed by atoms with E-state index in [4.69, 9.17) is 16.3 Å². The maximum Gasteiger partial charge on any atom is 0.280 e. The average molecular weight is 344 g/mol. The number of rotatable bonds is 4. The van der Waals surface area contributed by atoms with E-state index in [1.165, 1.54) is 6.33 Å². The molecular weight excluding hydrogens is 330 g/mol. The summed E-state index contributed by atoms with van der Waals surface area (Å²) in [6, 6.07) is 13.6. The second-order valence-electron chi connectivity index (χ2n) is 5.13. The monoisotopic (exact) mass is 343 g/mol. The number of nitrogens with zero attached hydrogens (tertiary/aromatic N) is 2. The molecule has 122 valence electrons. The molecule has 0 spiro atoms. The number of nitrogens with one attached hydrogen (secondary N) is 1. The molecule has 0 aliphatic carbocycles. The van der Waals surface area contributed by atoms with Crippen molar-refractivity contribution in [2.45, 2.75) is 13.0 Å². The van der Waals surface area contributed by atoms with Crippen LogP contribution in [0.5, 0.6) is 5.75 Å². The van der Waals surface area contributed by atoms with E-state index in [9.17, 15) is 9.59 Å². The normalized spacial score (nSPS) is 11.9. The van der Waals surface area contributed by atoms with E-state index in [1.807, 2.05) is 0 Å². The minimum Gasteiger partial charge on any atom is -0.481 e. The van der Waals surface area contributed by atoms with E-state index >= 15 is 0 Å². The minimum absolute atomic E-state index is 0.357. The van der Waals surface area contributed by atoms with Gasteiger partial charge in [0.05, 0.1) is 10.9 Å². The van der Waals surface area contributed by atoms with Gasteiger partial charge in [-0.05, 0) is 37.3 Å². The first-order valence-electron chi connectivity index (χ1n) is 7.24. The van der Waals surface area contributed by atoms with Crippen LogP contribution in [0.4, 0.5) is 0 Å². The summed E-state index contributed by atoms with van der Waals surface area (Å²) in [7, 11) is 0. The fourth-order valence-electron chi connectivity index (χ4n) is 2.16. The SMILES string of the molecule is CC(Oc1cccc(Cl)c1)C(=O)Nn1cnc2ccccc2c1=O. The van der Waals surface area contributed by atoms with Crippen molar-refractivity contribution in [3.05, 3.63) is 70.2 Å². The second-order valence-corrected chi connectivity index (χ2v) is 5.57. The summed E-state index contributed by atoms with van der Waals surface area (Å²) in [5.41, 5.74) is 2.69. The zero-order valence-corrected chi connectivity index (χ0v) is 13.5. The van der Waals surface area contributed by atoms with Gasteiger partial charge >= 0.3 is 0 Å². The Bertz CT molecular complexity index is 955. The molecule has 1 N–H and O–H groups in total. The molecule has 1 atom stereocenters. The van der Waals surface area contributed by atoms with E-state index in [0.717, 1.165) is 4.68 Å². The zero-order chi connectivity index (χ0) is 17.1. The van der Waals surface area contributed by atoms with Crippen LogP contribution in [0.2, 0.25) is 5.02 Å². The van der Waals surface area contributed by atoms with Gasteiger partial charge in [-0.25, -0.2) is 9.66 Å². The highest BCUT2D eigenvalue weighted by molar-refractivity contribution is 6.30. The number of hydrogen-bond donors (Lipinski definition) is 1. The summed E-state index contributed by atoms with van der Waals surface area (Å²) >= 11 is 5.88. The Morgan fingerprint density at radius 1 is 1.25 bits per heavy atom. The smallest absolute Gasteiger partial charge is 0.280 e. The van der Waals surface area contributed by atoms with Gasteiger partial charge in [-0.2, -0.15) is 0 Å². The van der Waals surface area contributed by atoms with E-state index in [2.05, 4.69) is 10.4 Å². The molecule has 6 nitrogen and oxygen atoms in total. The van der Waals surface area contributed by atoms with Crippen molar-refractivity contribution < 1.29 is 9.53 Å². The van der Waals surface area contributed by atoms with Crippen LogP contribution in [0, 0.1) is 0 Å². The lowest BCUT2D eigenvalue weighted by atomic mass is 10.2. The molecule has 0 radical (unpaired) electrons. The van der Waals surface area contributed by atoms with Gasteiger partial charge in [-0.1, -0.05) is 29.8 Å². The molecule has 2 aromatic carbocycles. The summed E-state index contributed by atoms with van der Waals surface area (Å²) < 4.78 is 6.57. The fraction of sp³-hybridized carbons (Fsp3) is 0.118. The van der Waals surface area contributed by atoms with Gasteiger partial charge in [0.15, 0.2) is 6.10 Å². The molecule has 1 unspecified atom stereocenters. The number of amides is 1. The lowest BCUT2D eigenvalue weighted by Crippen LogP contribution is -2.39. The first kappa shape index (κ1) is 16.0. The third kappa shape index (κ3) is 3.38. The van der Waals surface area contributed by atoms with Crippen molar-refractivity contribution in [2.24, 2.45) is 0 Å². The Morgan fingerprint density at radius 3 is 2.83 bits per heavy atom. The maximum absolute atomic E-state index is 12.3.